The van der Waals surface area contributed by atoms with Gasteiger partial charge in [-0.3, -0.25) is 9.80 Å². The van der Waals surface area contributed by atoms with Crippen LogP contribution in [-0.2, 0) is 4.74 Å². The molecular formula is C15H28N2O. The SMILES string of the molecule is C/C=C(/CN1CCCCC1)C(C)N1CCOCC1. The van der Waals surface area contributed by atoms with Crippen molar-refractivity contribution in [1.29, 1.82) is 0 Å². The third-order valence-electron chi connectivity index (χ3n) is 4.36. The molecule has 2 saturated heterocycles. The van der Waals surface area contributed by atoms with Gasteiger partial charge in [-0.25, -0.2) is 0 Å². The Kier molecular flexibility index (Phi) is 5.67. The van der Waals surface area contributed by atoms with Crippen molar-refractivity contribution in [3.05, 3.63) is 11.6 Å². The molecule has 0 aromatic carbocycles. The van der Waals surface area contributed by atoms with E-state index in [1.807, 2.05) is 0 Å². The maximum Gasteiger partial charge on any atom is 0.0594 e. The summed E-state index contributed by atoms with van der Waals surface area (Å²) in [4.78, 5) is 5.18. The van der Waals surface area contributed by atoms with Crippen LogP contribution in [0.3, 0.4) is 0 Å². The maximum atomic E-state index is 5.44. The predicted octanol–water partition coefficient (Wildman–Crippen LogP) is 2.14. The van der Waals surface area contributed by atoms with Gasteiger partial charge in [0.1, 0.15) is 0 Å². The fourth-order valence-corrected chi connectivity index (χ4v) is 3.04. The zero-order chi connectivity index (χ0) is 12.8. The lowest BCUT2D eigenvalue weighted by Gasteiger charge is -2.36. The molecule has 0 saturated carbocycles. The van der Waals surface area contributed by atoms with Crippen molar-refractivity contribution in [2.24, 2.45) is 0 Å². The molecule has 104 valence electrons. The summed E-state index contributed by atoms with van der Waals surface area (Å²) in [6, 6.07) is 0.570. The molecule has 1 atom stereocenters. The van der Waals surface area contributed by atoms with E-state index in [0.29, 0.717) is 6.04 Å². The Morgan fingerprint density at radius 2 is 1.78 bits per heavy atom. The molecule has 0 amide bonds. The normalized spacial score (nSPS) is 26.2. The number of piperidine rings is 1. The van der Waals surface area contributed by atoms with Gasteiger partial charge in [-0.2, -0.15) is 0 Å². The fourth-order valence-electron chi connectivity index (χ4n) is 3.04. The van der Waals surface area contributed by atoms with Gasteiger partial charge in [0.25, 0.3) is 0 Å². The fraction of sp³-hybridized carbons (Fsp3) is 0.867. The Balaban J connectivity index is 1.86. The number of allylic oxidation sites excluding steroid dienone is 1. The van der Waals surface area contributed by atoms with Crippen molar-refractivity contribution in [3.8, 4) is 0 Å². The van der Waals surface area contributed by atoms with Gasteiger partial charge in [-0.1, -0.05) is 12.5 Å². The van der Waals surface area contributed by atoms with Crippen LogP contribution < -0.4 is 0 Å². The Morgan fingerprint density at radius 1 is 1.11 bits per heavy atom. The molecule has 1 unspecified atom stereocenters. The minimum Gasteiger partial charge on any atom is -0.379 e. The summed E-state index contributed by atoms with van der Waals surface area (Å²) in [5, 5.41) is 0. The van der Waals surface area contributed by atoms with E-state index < -0.39 is 0 Å². The van der Waals surface area contributed by atoms with Gasteiger partial charge in [0.15, 0.2) is 0 Å². The average molecular weight is 252 g/mol. The van der Waals surface area contributed by atoms with Crippen LogP contribution >= 0.6 is 0 Å². The lowest BCUT2D eigenvalue weighted by Crippen LogP contribution is -2.45. The first-order valence-corrected chi connectivity index (χ1v) is 7.50. The zero-order valence-electron chi connectivity index (χ0n) is 12.0. The Morgan fingerprint density at radius 3 is 2.39 bits per heavy atom. The second-order valence-corrected chi connectivity index (χ2v) is 5.52. The van der Waals surface area contributed by atoms with Gasteiger partial charge in [0.2, 0.25) is 0 Å². The summed E-state index contributed by atoms with van der Waals surface area (Å²) in [5.74, 6) is 0. The smallest absolute Gasteiger partial charge is 0.0594 e. The van der Waals surface area contributed by atoms with Crippen LogP contribution in [0.15, 0.2) is 11.6 Å². The Hall–Kier alpha value is -0.380. The van der Waals surface area contributed by atoms with E-state index in [1.165, 1.54) is 32.4 Å². The number of ether oxygens (including phenoxy) is 1. The molecule has 0 aliphatic carbocycles. The third-order valence-corrected chi connectivity index (χ3v) is 4.36. The molecular weight excluding hydrogens is 224 g/mol. The molecule has 2 aliphatic heterocycles. The van der Waals surface area contributed by atoms with E-state index in [9.17, 15) is 0 Å². The zero-order valence-corrected chi connectivity index (χ0v) is 12.0. The van der Waals surface area contributed by atoms with Crippen LogP contribution in [0, 0.1) is 0 Å². The van der Waals surface area contributed by atoms with Gasteiger partial charge >= 0.3 is 0 Å². The third kappa shape index (κ3) is 3.81. The van der Waals surface area contributed by atoms with Crippen LogP contribution in [0.1, 0.15) is 33.1 Å². The number of hydrogen-bond acceptors (Lipinski definition) is 3. The molecule has 0 spiro atoms. The van der Waals surface area contributed by atoms with Gasteiger partial charge < -0.3 is 4.74 Å². The van der Waals surface area contributed by atoms with E-state index in [4.69, 9.17) is 4.74 Å². The average Bonchev–Trinajstić information content (AvgIpc) is 2.46. The molecule has 3 nitrogen and oxygen atoms in total. The minimum absolute atomic E-state index is 0.570. The van der Waals surface area contributed by atoms with Crippen molar-refractivity contribution in [1.82, 2.24) is 9.80 Å². The van der Waals surface area contributed by atoms with E-state index in [-0.39, 0.29) is 0 Å². The lowest BCUT2D eigenvalue weighted by atomic mass is 10.0. The first-order chi connectivity index (χ1) is 8.81. The summed E-state index contributed by atoms with van der Waals surface area (Å²) in [6.07, 6.45) is 6.50. The van der Waals surface area contributed by atoms with Gasteiger partial charge in [0.05, 0.1) is 13.2 Å². The predicted molar refractivity (Wildman–Crippen MR) is 75.9 cm³/mol. The highest BCUT2D eigenvalue weighted by atomic mass is 16.5. The van der Waals surface area contributed by atoms with Crippen molar-refractivity contribution in [2.45, 2.75) is 39.2 Å². The second kappa shape index (κ2) is 7.27. The number of nitrogens with zero attached hydrogens (tertiary/aromatic N) is 2. The van der Waals surface area contributed by atoms with Crippen LogP contribution in [0.5, 0.6) is 0 Å². The molecule has 0 N–H and O–H groups in total. The standard InChI is InChI=1S/C15H28N2O/c1-3-15(13-16-7-5-4-6-8-16)14(2)17-9-11-18-12-10-17/h3,14H,4-13H2,1-2H3/b15-3-. The summed E-state index contributed by atoms with van der Waals surface area (Å²) >= 11 is 0. The van der Waals surface area contributed by atoms with Crippen molar-refractivity contribution in [3.63, 3.8) is 0 Å². The van der Waals surface area contributed by atoms with Crippen molar-refractivity contribution >= 4 is 0 Å². The van der Waals surface area contributed by atoms with Crippen LogP contribution in [0.2, 0.25) is 0 Å². The highest BCUT2D eigenvalue weighted by molar-refractivity contribution is 5.11. The van der Waals surface area contributed by atoms with Gasteiger partial charge in [-0.05, 0) is 45.4 Å². The number of rotatable bonds is 4. The van der Waals surface area contributed by atoms with Crippen LogP contribution in [0.25, 0.3) is 0 Å². The number of morpholine rings is 1. The molecule has 2 heterocycles. The largest absolute Gasteiger partial charge is 0.379 e. The van der Waals surface area contributed by atoms with E-state index in [1.54, 1.807) is 5.57 Å². The molecule has 2 rings (SSSR count). The minimum atomic E-state index is 0.570. The topological polar surface area (TPSA) is 15.7 Å². The summed E-state index contributed by atoms with van der Waals surface area (Å²) in [5.41, 5.74) is 1.58. The van der Waals surface area contributed by atoms with E-state index in [0.717, 1.165) is 32.8 Å². The maximum absolute atomic E-state index is 5.44. The lowest BCUT2D eigenvalue weighted by molar-refractivity contribution is 0.0254. The van der Waals surface area contributed by atoms with Crippen LogP contribution in [0.4, 0.5) is 0 Å². The van der Waals surface area contributed by atoms with E-state index >= 15 is 0 Å². The first kappa shape index (κ1) is 14.0. The summed E-state index contributed by atoms with van der Waals surface area (Å²) in [7, 11) is 0. The molecule has 3 heteroatoms. The van der Waals surface area contributed by atoms with Gasteiger partial charge in [-0.15, -0.1) is 0 Å². The highest BCUT2D eigenvalue weighted by Gasteiger charge is 2.21. The molecule has 0 bridgehead atoms. The quantitative estimate of drug-likeness (QED) is 0.713. The molecule has 0 aromatic rings. The van der Waals surface area contributed by atoms with Crippen molar-refractivity contribution < 1.29 is 4.74 Å². The number of likely N-dealkylation sites (tertiary alicyclic amines) is 1. The van der Waals surface area contributed by atoms with Crippen LogP contribution in [-0.4, -0.2) is 61.8 Å². The van der Waals surface area contributed by atoms with Crippen molar-refractivity contribution in [2.75, 3.05) is 45.9 Å². The molecule has 2 aliphatic rings. The number of hydrogen-bond donors (Lipinski definition) is 0. The summed E-state index contributed by atoms with van der Waals surface area (Å²) < 4.78 is 5.44. The molecule has 18 heavy (non-hydrogen) atoms. The highest BCUT2D eigenvalue weighted by Crippen LogP contribution is 2.16. The second-order valence-electron chi connectivity index (χ2n) is 5.52. The van der Waals surface area contributed by atoms with E-state index in [2.05, 4.69) is 29.7 Å². The molecule has 0 aromatic heterocycles. The molecule has 0 radical (unpaired) electrons. The first-order valence-electron chi connectivity index (χ1n) is 7.50. The Bertz CT molecular complexity index is 266. The van der Waals surface area contributed by atoms with Gasteiger partial charge in [0, 0.05) is 25.7 Å². The summed E-state index contributed by atoms with van der Waals surface area (Å²) in [6.45, 7) is 12.2. The monoisotopic (exact) mass is 252 g/mol. The molecule has 2 fully saturated rings. The Labute approximate surface area is 112 Å².